The maximum absolute atomic E-state index is 12.0. The second-order valence-corrected chi connectivity index (χ2v) is 4.71. The molecular formula is C16H13NO6. The van der Waals surface area contributed by atoms with Crippen molar-refractivity contribution in [2.45, 2.75) is 0 Å². The number of nitrogens with zero attached hydrogens (tertiary/aromatic N) is 1. The molecule has 0 fully saturated rings. The fourth-order valence-electron chi connectivity index (χ4n) is 2.41. The molecule has 0 bridgehead atoms. The molecule has 0 spiro atoms. The third-order valence-corrected chi connectivity index (χ3v) is 3.46. The summed E-state index contributed by atoms with van der Waals surface area (Å²) in [6.07, 6.45) is 0. The third-order valence-electron chi connectivity index (χ3n) is 3.46. The Morgan fingerprint density at radius 3 is 2.43 bits per heavy atom. The van der Waals surface area contributed by atoms with E-state index in [4.69, 9.17) is 4.74 Å². The maximum atomic E-state index is 12.0. The highest BCUT2D eigenvalue weighted by molar-refractivity contribution is 6.07. The number of methoxy groups -OCH3 is 2. The molecule has 118 valence electrons. The first-order valence-electron chi connectivity index (χ1n) is 6.68. The Kier molecular flexibility index (Phi) is 3.63. The van der Waals surface area contributed by atoms with Crippen molar-refractivity contribution >= 4 is 28.4 Å². The van der Waals surface area contributed by atoms with Gasteiger partial charge in [-0.25, -0.2) is 14.7 Å². The number of carbonyl (C=O) groups is 2. The van der Waals surface area contributed by atoms with Gasteiger partial charge in [0.15, 0.2) is 5.75 Å². The van der Waals surface area contributed by atoms with Gasteiger partial charge < -0.3 is 14.2 Å². The summed E-state index contributed by atoms with van der Waals surface area (Å²) in [5.74, 6) is -2.04. The van der Waals surface area contributed by atoms with E-state index < -0.39 is 23.4 Å². The van der Waals surface area contributed by atoms with Crippen LogP contribution >= 0.6 is 0 Å². The van der Waals surface area contributed by atoms with Gasteiger partial charge in [0.1, 0.15) is 5.69 Å². The van der Waals surface area contributed by atoms with Crippen molar-refractivity contribution < 1.29 is 29.0 Å². The summed E-state index contributed by atoms with van der Waals surface area (Å²) >= 11 is 0. The minimum absolute atomic E-state index is 0.222. The number of hydrogen-bond acceptors (Lipinski definition) is 7. The van der Waals surface area contributed by atoms with Crippen LogP contribution < -0.4 is 9.80 Å². The Balaban J connectivity index is 2.26. The van der Waals surface area contributed by atoms with E-state index in [0.29, 0.717) is 10.4 Å². The Morgan fingerprint density at radius 1 is 1.04 bits per heavy atom. The summed E-state index contributed by atoms with van der Waals surface area (Å²) in [5.41, 5.74) is -0.195. The van der Waals surface area contributed by atoms with Gasteiger partial charge in [-0.15, -0.1) is 0 Å². The summed E-state index contributed by atoms with van der Waals surface area (Å²) < 4.78 is 14.7. The van der Waals surface area contributed by atoms with Gasteiger partial charge in [-0.3, -0.25) is 5.21 Å². The molecule has 0 amide bonds. The monoisotopic (exact) mass is 315 g/mol. The zero-order valence-electron chi connectivity index (χ0n) is 12.4. The van der Waals surface area contributed by atoms with Gasteiger partial charge >= 0.3 is 11.9 Å². The minimum Gasteiger partial charge on any atom is -0.464 e. The number of ether oxygens (including phenoxy) is 3. The quantitative estimate of drug-likeness (QED) is 0.848. The number of esters is 2. The normalized spacial score (nSPS) is 13.4. The molecule has 3 rings (SSSR count). The first kappa shape index (κ1) is 14.9. The number of fused-ring (bicyclic) bond motifs is 3. The molecule has 1 aliphatic heterocycles. The lowest BCUT2D eigenvalue weighted by molar-refractivity contribution is -0.142. The number of hydrogen-bond donors (Lipinski definition) is 1. The zero-order valence-corrected chi connectivity index (χ0v) is 12.4. The van der Waals surface area contributed by atoms with Crippen LogP contribution in [0.2, 0.25) is 0 Å². The molecule has 2 aromatic rings. The first-order chi connectivity index (χ1) is 11.1. The van der Waals surface area contributed by atoms with E-state index in [1.807, 2.05) is 12.1 Å². The van der Waals surface area contributed by atoms with Gasteiger partial charge in [0.05, 0.1) is 14.2 Å². The number of hydroxylamine groups is 1. The van der Waals surface area contributed by atoms with Crippen molar-refractivity contribution in [1.29, 1.82) is 0 Å². The standard InChI is InChI=1S/C16H13NO6/c1-21-15(18)13-14(16(19)22-2)23-11-8-7-9-5-3-4-6-10(9)12(11)17(13)20/h3-8,20H,1-2H3. The molecule has 23 heavy (non-hydrogen) atoms. The van der Waals surface area contributed by atoms with E-state index in [9.17, 15) is 14.8 Å². The first-order valence-corrected chi connectivity index (χ1v) is 6.68. The summed E-state index contributed by atoms with van der Waals surface area (Å²) in [6, 6.07) is 10.6. The molecule has 0 unspecified atom stereocenters. The van der Waals surface area contributed by atoms with E-state index >= 15 is 0 Å². The summed E-state index contributed by atoms with van der Waals surface area (Å²) in [6.45, 7) is 0. The van der Waals surface area contributed by atoms with Crippen LogP contribution in [0.3, 0.4) is 0 Å². The van der Waals surface area contributed by atoms with Crippen LogP contribution in [0.15, 0.2) is 47.9 Å². The largest absolute Gasteiger partial charge is 0.464 e. The molecule has 0 saturated carbocycles. The zero-order chi connectivity index (χ0) is 16.6. The highest BCUT2D eigenvalue weighted by Gasteiger charge is 2.37. The Bertz CT molecular complexity index is 842. The number of rotatable bonds is 2. The van der Waals surface area contributed by atoms with Gasteiger partial charge in [0.25, 0.3) is 0 Å². The Hall–Kier alpha value is -3.06. The van der Waals surface area contributed by atoms with Crippen LogP contribution in [0.5, 0.6) is 5.75 Å². The lowest BCUT2D eigenvalue weighted by Crippen LogP contribution is -2.34. The summed E-state index contributed by atoms with van der Waals surface area (Å²) in [5, 5.41) is 12.6. The topological polar surface area (TPSA) is 85.3 Å². The molecule has 7 nitrogen and oxygen atoms in total. The molecular weight excluding hydrogens is 302 g/mol. The van der Waals surface area contributed by atoms with Crippen LogP contribution in [0, 0.1) is 0 Å². The average molecular weight is 315 g/mol. The number of anilines is 1. The van der Waals surface area contributed by atoms with Crippen molar-refractivity contribution in [2.24, 2.45) is 0 Å². The SMILES string of the molecule is COC(=O)C1=C(C(=O)OC)N(O)c2c(ccc3ccccc23)O1. The molecule has 0 radical (unpaired) electrons. The molecule has 1 heterocycles. The van der Waals surface area contributed by atoms with Crippen molar-refractivity contribution in [2.75, 3.05) is 19.3 Å². The maximum Gasteiger partial charge on any atom is 0.376 e. The average Bonchev–Trinajstić information content (AvgIpc) is 2.59. The molecule has 1 N–H and O–H groups in total. The van der Waals surface area contributed by atoms with E-state index in [1.54, 1.807) is 24.3 Å². The molecule has 0 aromatic heterocycles. The van der Waals surface area contributed by atoms with Crippen LogP contribution in [-0.4, -0.2) is 31.4 Å². The van der Waals surface area contributed by atoms with E-state index in [-0.39, 0.29) is 11.4 Å². The van der Waals surface area contributed by atoms with Crippen LogP contribution in [0.25, 0.3) is 10.8 Å². The fourth-order valence-corrected chi connectivity index (χ4v) is 2.41. The molecule has 7 heteroatoms. The van der Waals surface area contributed by atoms with Crippen LogP contribution in [0.1, 0.15) is 0 Å². The molecule has 0 saturated heterocycles. The second-order valence-electron chi connectivity index (χ2n) is 4.71. The molecule has 0 aliphatic carbocycles. The molecule has 0 atom stereocenters. The van der Waals surface area contributed by atoms with Gasteiger partial charge in [0.2, 0.25) is 11.5 Å². The third kappa shape index (κ3) is 2.27. The second kappa shape index (κ2) is 5.62. The van der Waals surface area contributed by atoms with Crippen LogP contribution in [0.4, 0.5) is 5.69 Å². The summed E-state index contributed by atoms with van der Waals surface area (Å²) in [7, 11) is 2.28. The molecule has 2 aromatic carbocycles. The van der Waals surface area contributed by atoms with Crippen molar-refractivity contribution in [3.8, 4) is 5.75 Å². The van der Waals surface area contributed by atoms with Crippen LogP contribution in [-0.2, 0) is 19.1 Å². The van der Waals surface area contributed by atoms with Gasteiger partial charge in [-0.05, 0) is 11.5 Å². The minimum atomic E-state index is -0.925. The van der Waals surface area contributed by atoms with Crippen molar-refractivity contribution in [3.05, 3.63) is 47.9 Å². The van der Waals surface area contributed by atoms with Crippen molar-refractivity contribution in [1.82, 2.24) is 0 Å². The Labute approximate surface area is 131 Å². The van der Waals surface area contributed by atoms with E-state index in [0.717, 1.165) is 19.6 Å². The van der Waals surface area contributed by atoms with Gasteiger partial charge in [0, 0.05) is 5.39 Å². The predicted molar refractivity (Wildman–Crippen MR) is 79.9 cm³/mol. The fraction of sp³-hybridized carbons (Fsp3) is 0.125. The van der Waals surface area contributed by atoms with Gasteiger partial charge in [-0.1, -0.05) is 30.3 Å². The lowest BCUT2D eigenvalue weighted by atomic mass is 10.1. The number of carbonyl (C=O) groups excluding carboxylic acids is 2. The molecule has 1 aliphatic rings. The number of benzene rings is 2. The highest BCUT2D eigenvalue weighted by atomic mass is 16.6. The lowest BCUT2D eigenvalue weighted by Gasteiger charge is -2.28. The summed E-state index contributed by atoms with van der Waals surface area (Å²) in [4.78, 5) is 23.9. The predicted octanol–water partition coefficient (Wildman–Crippen LogP) is 1.99. The van der Waals surface area contributed by atoms with E-state index in [2.05, 4.69) is 9.47 Å². The smallest absolute Gasteiger partial charge is 0.376 e. The Morgan fingerprint density at radius 2 is 1.74 bits per heavy atom. The van der Waals surface area contributed by atoms with E-state index in [1.165, 1.54) is 0 Å². The van der Waals surface area contributed by atoms with Gasteiger partial charge in [-0.2, -0.15) is 0 Å². The van der Waals surface area contributed by atoms with Crippen molar-refractivity contribution in [3.63, 3.8) is 0 Å². The highest BCUT2D eigenvalue weighted by Crippen LogP contribution is 2.42.